The van der Waals surface area contributed by atoms with E-state index in [-0.39, 0.29) is 5.56 Å². The normalized spacial score (nSPS) is 17.4. The van der Waals surface area contributed by atoms with Crippen LogP contribution >= 0.6 is 0 Å². The molecule has 0 fully saturated rings. The van der Waals surface area contributed by atoms with Crippen LogP contribution in [-0.4, -0.2) is 12.5 Å². The molecule has 3 nitrogen and oxygen atoms in total. The molecule has 1 aliphatic rings. The third-order valence-electron chi connectivity index (χ3n) is 2.38. The molecular weight excluding hydrogens is 233 g/mol. The summed E-state index contributed by atoms with van der Waals surface area (Å²) in [7, 11) is 0. The molecule has 0 saturated heterocycles. The van der Waals surface area contributed by atoms with Crippen molar-refractivity contribution >= 4 is 12.4 Å². The van der Waals surface area contributed by atoms with Crippen molar-refractivity contribution in [2.75, 3.05) is 0 Å². The standard InChI is InChI=1S/C11H7F3N2O/c12-11(13,14)10(15-16-10)9-5-3-8(4-6-9)2-1-7-17/h1-7H/b2-1+. The summed E-state index contributed by atoms with van der Waals surface area (Å²) in [6.07, 6.45) is -1.15. The number of allylic oxidation sites excluding steroid dienone is 1. The van der Waals surface area contributed by atoms with Crippen molar-refractivity contribution in [1.29, 1.82) is 0 Å². The van der Waals surface area contributed by atoms with E-state index in [1.165, 1.54) is 36.4 Å². The Kier molecular flexibility index (Phi) is 2.57. The van der Waals surface area contributed by atoms with Crippen LogP contribution in [0.1, 0.15) is 11.1 Å². The quantitative estimate of drug-likeness (QED) is 0.591. The summed E-state index contributed by atoms with van der Waals surface area (Å²) >= 11 is 0. The Balaban J connectivity index is 2.25. The molecule has 17 heavy (non-hydrogen) atoms. The molecule has 88 valence electrons. The van der Waals surface area contributed by atoms with Crippen LogP contribution in [0.4, 0.5) is 13.2 Å². The van der Waals surface area contributed by atoms with E-state index in [1.54, 1.807) is 0 Å². The topological polar surface area (TPSA) is 41.8 Å². The van der Waals surface area contributed by atoms with Crippen LogP contribution in [0, 0.1) is 0 Å². The summed E-state index contributed by atoms with van der Waals surface area (Å²) < 4.78 is 37.9. The second-order valence-corrected chi connectivity index (χ2v) is 3.49. The van der Waals surface area contributed by atoms with Gasteiger partial charge in [-0.1, -0.05) is 30.3 Å². The molecule has 1 heterocycles. The van der Waals surface area contributed by atoms with E-state index in [1.807, 2.05) is 0 Å². The summed E-state index contributed by atoms with van der Waals surface area (Å²) in [5.41, 5.74) is -1.76. The van der Waals surface area contributed by atoms with Gasteiger partial charge in [0.2, 0.25) is 0 Å². The second-order valence-electron chi connectivity index (χ2n) is 3.49. The third-order valence-corrected chi connectivity index (χ3v) is 2.38. The van der Waals surface area contributed by atoms with Gasteiger partial charge < -0.3 is 0 Å². The Morgan fingerprint density at radius 2 is 1.71 bits per heavy atom. The summed E-state index contributed by atoms with van der Waals surface area (Å²) in [5, 5.41) is 6.19. The number of aldehydes is 1. The zero-order chi connectivity index (χ0) is 12.5. The molecule has 0 radical (unpaired) electrons. The van der Waals surface area contributed by atoms with Crippen LogP contribution < -0.4 is 0 Å². The van der Waals surface area contributed by atoms with Gasteiger partial charge in [-0.3, -0.25) is 4.79 Å². The van der Waals surface area contributed by atoms with Gasteiger partial charge in [0.05, 0.1) is 0 Å². The minimum atomic E-state index is -4.51. The zero-order valence-electron chi connectivity index (χ0n) is 8.48. The molecule has 0 unspecified atom stereocenters. The Labute approximate surface area is 94.7 Å². The summed E-state index contributed by atoms with van der Waals surface area (Å²) in [4.78, 5) is 10.1. The zero-order valence-corrected chi connectivity index (χ0v) is 8.48. The summed E-state index contributed by atoms with van der Waals surface area (Å²) in [6.45, 7) is 0. The maximum absolute atomic E-state index is 12.6. The van der Waals surface area contributed by atoms with Crippen molar-refractivity contribution in [2.24, 2.45) is 10.2 Å². The number of carbonyl (C=O) groups excluding carboxylic acids is 1. The van der Waals surface area contributed by atoms with Crippen molar-refractivity contribution in [3.05, 3.63) is 41.5 Å². The molecule has 0 spiro atoms. The first-order chi connectivity index (χ1) is 7.99. The van der Waals surface area contributed by atoms with Crippen molar-refractivity contribution in [3.8, 4) is 0 Å². The average Bonchev–Trinajstić information content (AvgIpc) is 3.07. The molecule has 6 heteroatoms. The molecule has 2 rings (SSSR count). The Bertz CT molecular complexity index is 482. The molecule has 0 N–H and O–H groups in total. The molecule has 0 aliphatic carbocycles. The molecule has 1 aliphatic heterocycles. The lowest BCUT2D eigenvalue weighted by atomic mass is 10.0. The highest BCUT2D eigenvalue weighted by Crippen LogP contribution is 2.52. The van der Waals surface area contributed by atoms with Crippen LogP contribution in [0.2, 0.25) is 0 Å². The van der Waals surface area contributed by atoms with Crippen molar-refractivity contribution < 1.29 is 18.0 Å². The fraction of sp³-hybridized carbons (Fsp3) is 0.182. The molecule has 0 atom stereocenters. The molecule has 1 aromatic carbocycles. The minimum absolute atomic E-state index is 0.0201. The number of hydrogen-bond acceptors (Lipinski definition) is 3. The summed E-state index contributed by atoms with van der Waals surface area (Å²) in [5.74, 6) is 0. The minimum Gasteiger partial charge on any atom is -0.299 e. The van der Waals surface area contributed by atoms with Crippen LogP contribution in [0.25, 0.3) is 6.08 Å². The van der Waals surface area contributed by atoms with Gasteiger partial charge in [-0.15, -0.1) is 10.2 Å². The maximum Gasteiger partial charge on any atom is 0.442 e. The predicted octanol–water partition coefficient (Wildman–Crippen LogP) is 3.08. The van der Waals surface area contributed by atoms with Gasteiger partial charge in [-0.25, -0.2) is 0 Å². The third kappa shape index (κ3) is 1.98. The van der Waals surface area contributed by atoms with Crippen LogP contribution in [0.3, 0.4) is 0 Å². The number of halogens is 3. The van der Waals surface area contributed by atoms with Crippen LogP contribution in [-0.2, 0) is 10.5 Å². The fourth-order valence-corrected chi connectivity index (χ4v) is 1.42. The van der Waals surface area contributed by atoms with Gasteiger partial charge in [-0.2, -0.15) is 13.2 Å². The Morgan fingerprint density at radius 3 is 2.12 bits per heavy atom. The largest absolute Gasteiger partial charge is 0.442 e. The monoisotopic (exact) mass is 240 g/mol. The molecule has 1 aromatic rings. The SMILES string of the molecule is O=C/C=C/c1ccc(C2(C(F)(F)F)N=N2)cc1. The molecule has 0 bridgehead atoms. The Morgan fingerprint density at radius 1 is 1.12 bits per heavy atom. The molecule has 0 saturated carbocycles. The van der Waals surface area contributed by atoms with Crippen molar-refractivity contribution in [2.45, 2.75) is 11.8 Å². The molecular formula is C11H7F3N2O. The predicted molar refractivity (Wildman–Crippen MR) is 54.1 cm³/mol. The van der Waals surface area contributed by atoms with E-state index in [0.29, 0.717) is 11.8 Å². The fourth-order valence-electron chi connectivity index (χ4n) is 1.42. The highest BCUT2D eigenvalue weighted by Gasteiger charge is 2.65. The highest BCUT2D eigenvalue weighted by molar-refractivity contribution is 5.73. The van der Waals surface area contributed by atoms with Gasteiger partial charge in [0.1, 0.15) is 6.29 Å². The lowest BCUT2D eigenvalue weighted by molar-refractivity contribution is -0.166. The molecule has 0 aromatic heterocycles. The smallest absolute Gasteiger partial charge is 0.299 e. The van der Waals surface area contributed by atoms with E-state index in [0.717, 1.165) is 0 Å². The van der Waals surface area contributed by atoms with E-state index in [2.05, 4.69) is 10.2 Å². The van der Waals surface area contributed by atoms with Crippen molar-refractivity contribution in [1.82, 2.24) is 0 Å². The number of nitrogens with zero attached hydrogens (tertiary/aromatic N) is 2. The van der Waals surface area contributed by atoms with Gasteiger partial charge in [0.25, 0.3) is 0 Å². The van der Waals surface area contributed by atoms with Gasteiger partial charge in [0.15, 0.2) is 0 Å². The number of rotatable bonds is 3. The van der Waals surface area contributed by atoms with E-state index >= 15 is 0 Å². The van der Waals surface area contributed by atoms with Crippen LogP contribution in [0.15, 0.2) is 40.6 Å². The number of hydrogen-bond donors (Lipinski definition) is 0. The second kappa shape index (κ2) is 3.80. The highest BCUT2D eigenvalue weighted by atomic mass is 19.4. The lowest BCUT2D eigenvalue weighted by Gasteiger charge is -2.14. The molecule has 0 amide bonds. The first kappa shape index (κ1) is 11.5. The first-order valence-corrected chi connectivity index (χ1v) is 4.73. The number of benzene rings is 1. The van der Waals surface area contributed by atoms with E-state index < -0.39 is 11.8 Å². The van der Waals surface area contributed by atoms with E-state index in [4.69, 9.17) is 0 Å². The van der Waals surface area contributed by atoms with Crippen molar-refractivity contribution in [3.63, 3.8) is 0 Å². The maximum atomic E-state index is 12.6. The average molecular weight is 240 g/mol. The number of carbonyl (C=O) groups is 1. The Hall–Kier alpha value is -1.98. The lowest BCUT2D eigenvalue weighted by Crippen LogP contribution is -2.29. The van der Waals surface area contributed by atoms with Gasteiger partial charge in [-0.05, 0) is 11.6 Å². The van der Waals surface area contributed by atoms with E-state index in [9.17, 15) is 18.0 Å². The van der Waals surface area contributed by atoms with Crippen LogP contribution in [0.5, 0.6) is 0 Å². The number of alkyl halides is 3. The first-order valence-electron chi connectivity index (χ1n) is 4.73. The van der Waals surface area contributed by atoms with Gasteiger partial charge >= 0.3 is 11.8 Å². The summed E-state index contributed by atoms with van der Waals surface area (Å²) in [6, 6.07) is 5.56. The van der Waals surface area contributed by atoms with Gasteiger partial charge in [0, 0.05) is 5.56 Å².